The minimum atomic E-state index is -3.54. The smallest absolute Gasteiger partial charge is 0.242 e. The summed E-state index contributed by atoms with van der Waals surface area (Å²) in [5.41, 5.74) is 1.93. The molecule has 9 heteroatoms. The molecule has 0 bridgehead atoms. The topological polar surface area (TPSA) is 77.3 Å². The zero-order chi connectivity index (χ0) is 17.3. The lowest BCUT2D eigenvalue weighted by Gasteiger charge is -2.11. The van der Waals surface area contributed by atoms with Gasteiger partial charge in [-0.25, -0.2) is 12.7 Å². The van der Waals surface area contributed by atoms with Crippen LogP contribution in [0.15, 0.2) is 47.4 Å². The van der Waals surface area contributed by atoms with E-state index in [9.17, 15) is 8.42 Å². The molecule has 0 amide bonds. The first-order chi connectivity index (χ1) is 11.4. The van der Waals surface area contributed by atoms with Crippen LogP contribution in [0.25, 0.3) is 11.0 Å². The average Bonchev–Trinajstić information content (AvgIpc) is 2.96. The van der Waals surface area contributed by atoms with Crippen molar-refractivity contribution in [2.45, 2.75) is 11.5 Å². The Morgan fingerprint density at radius 3 is 2.54 bits per heavy atom. The second-order valence-electron chi connectivity index (χ2n) is 5.30. The van der Waals surface area contributed by atoms with Crippen LogP contribution in [0.3, 0.4) is 0 Å². The number of sulfonamides is 1. The monoisotopic (exact) mass is 366 g/mol. The Morgan fingerprint density at radius 2 is 1.88 bits per heavy atom. The highest BCUT2D eigenvalue weighted by molar-refractivity contribution is 7.89. The van der Waals surface area contributed by atoms with Crippen molar-refractivity contribution in [3.8, 4) is 0 Å². The van der Waals surface area contributed by atoms with Crippen molar-refractivity contribution >= 4 is 32.7 Å². The van der Waals surface area contributed by atoms with Crippen molar-refractivity contribution in [3.63, 3.8) is 0 Å². The first-order valence-electron chi connectivity index (χ1n) is 7.03. The molecule has 0 aliphatic rings. The lowest BCUT2D eigenvalue weighted by atomic mass is 10.2. The molecule has 0 atom stereocenters. The third kappa shape index (κ3) is 3.21. The number of nitrogens with zero attached hydrogens (tertiary/aromatic N) is 4. The summed E-state index contributed by atoms with van der Waals surface area (Å²) < 4.78 is 25.6. The highest BCUT2D eigenvalue weighted by atomic mass is 35.5. The molecule has 0 saturated heterocycles. The van der Waals surface area contributed by atoms with Crippen LogP contribution < -0.4 is 4.84 Å². The van der Waals surface area contributed by atoms with Gasteiger partial charge in [0.15, 0.2) is 0 Å². The molecule has 126 valence electrons. The van der Waals surface area contributed by atoms with Crippen LogP contribution in [-0.4, -0.2) is 42.0 Å². The number of hydrogen-bond donors (Lipinski definition) is 0. The predicted molar refractivity (Wildman–Crippen MR) is 90.1 cm³/mol. The van der Waals surface area contributed by atoms with Gasteiger partial charge in [0.05, 0.1) is 4.90 Å². The second kappa shape index (κ2) is 6.39. The van der Waals surface area contributed by atoms with E-state index < -0.39 is 10.0 Å². The van der Waals surface area contributed by atoms with Gasteiger partial charge in [0, 0.05) is 19.1 Å². The van der Waals surface area contributed by atoms with Crippen LogP contribution in [-0.2, 0) is 16.6 Å². The molecule has 0 aliphatic carbocycles. The molecule has 3 rings (SSSR count). The van der Waals surface area contributed by atoms with Crippen molar-refractivity contribution in [2.24, 2.45) is 0 Å². The Balaban J connectivity index is 1.90. The molecule has 1 aromatic heterocycles. The molecule has 24 heavy (non-hydrogen) atoms. The van der Waals surface area contributed by atoms with E-state index in [0.29, 0.717) is 16.1 Å². The summed E-state index contributed by atoms with van der Waals surface area (Å²) in [5, 5.41) is 8.52. The number of hydrogen-bond acceptors (Lipinski definition) is 5. The van der Waals surface area contributed by atoms with E-state index in [1.807, 2.05) is 12.1 Å². The third-order valence-electron chi connectivity index (χ3n) is 3.43. The van der Waals surface area contributed by atoms with E-state index in [-0.39, 0.29) is 11.5 Å². The molecule has 0 fully saturated rings. The standard InChI is InChI=1S/C15H15ClN4O3S/c1-19(2)24(21,22)13-7-8-14-15(9-13)20(18-17-14)23-10-11-3-5-12(16)6-4-11/h3-9H,10H2,1-2H3. The Bertz CT molecular complexity index is 968. The summed E-state index contributed by atoms with van der Waals surface area (Å²) in [6, 6.07) is 11.8. The van der Waals surface area contributed by atoms with Crippen molar-refractivity contribution in [1.29, 1.82) is 0 Å². The Kier molecular flexibility index (Phi) is 4.44. The van der Waals surface area contributed by atoms with Gasteiger partial charge in [-0.3, -0.25) is 0 Å². The summed E-state index contributed by atoms with van der Waals surface area (Å²) >= 11 is 5.85. The van der Waals surface area contributed by atoms with Gasteiger partial charge in [-0.15, -0.1) is 5.10 Å². The lowest BCUT2D eigenvalue weighted by Crippen LogP contribution is -2.22. The molecule has 0 N–H and O–H groups in total. The lowest BCUT2D eigenvalue weighted by molar-refractivity contribution is 0.0751. The summed E-state index contributed by atoms with van der Waals surface area (Å²) in [6.45, 7) is 0.250. The van der Waals surface area contributed by atoms with E-state index in [1.54, 1.807) is 18.2 Å². The number of benzene rings is 2. The molecular formula is C15H15ClN4O3S. The molecule has 0 radical (unpaired) electrons. The van der Waals surface area contributed by atoms with Crippen LogP contribution in [0, 0.1) is 0 Å². The van der Waals surface area contributed by atoms with E-state index in [2.05, 4.69) is 10.3 Å². The SMILES string of the molecule is CN(C)S(=O)(=O)c1ccc2nnn(OCc3ccc(Cl)cc3)c2c1. The van der Waals surface area contributed by atoms with Gasteiger partial charge in [-0.05, 0) is 41.1 Å². The van der Waals surface area contributed by atoms with E-state index >= 15 is 0 Å². The normalized spacial score (nSPS) is 12.0. The summed E-state index contributed by atoms with van der Waals surface area (Å²) in [5.74, 6) is 0. The Morgan fingerprint density at radius 1 is 1.17 bits per heavy atom. The number of rotatable bonds is 5. The molecule has 0 spiro atoms. The maximum atomic E-state index is 12.2. The molecule has 0 unspecified atom stereocenters. The predicted octanol–water partition coefficient (Wildman–Crippen LogP) is 1.96. The Labute approximate surface area is 144 Å². The minimum absolute atomic E-state index is 0.152. The molecule has 0 saturated carbocycles. The zero-order valence-electron chi connectivity index (χ0n) is 13.0. The third-order valence-corrected chi connectivity index (χ3v) is 5.50. The summed E-state index contributed by atoms with van der Waals surface area (Å²) in [7, 11) is -0.584. The first-order valence-corrected chi connectivity index (χ1v) is 8.85. The van der Waals surface area contributed by atoms with Gasteiger partial charge >= 0.3 is 0 Å². The van der Waals surface area contributed by atoms with Crippen LogP contribution in [0.5, 0.6) is 0 Å². The number of fused-ring (bicyclic) bond motifs is 1. The fourth-order valence-electron chi connectivity index (χ4n) is 2.06. The van der Waals surface area contributed by atoms with Gasteiger partial charge in [-0.1, -0.05) is 28.6 Å². The fourth-order valence-corrected chi connectivity index (χ4v) is 3.11. The van der Waals surface area contributed by atoms with E-state index in [0.717, 1.165) is 9.87 Å². The summed E-state index contributed by atoms with van der Waals surface area (Å²) in [4.78, 5) is 6.98. The van der Waals surface area contributed by atoms with Gasteiger partial charge in [0.25, 0.3) is 0 Å². The van der Waals surface area contributed by atoms with Gasteiger partial charge in [0.2, 0.25) is 10.0 Å². The molecule has 0 aliphatic heterocycles. The zero-order valence-corrected chi connectivity index (χ0v) is 14.6. The highest BCUT2D eigenvalue weighted by Gasteiger charge is 2.19. The highest BCUT2D eigenvalue weighted by Crippen LogP contribution is 2.19. The average molecular weight is 367 g/mol. The summed E-state index contributed by atoms with van der Waals surface area (Å²) in [6.07, 6.45) is 0. The quantitative estimate of drug-likeness (QED) is 0.689. The maximum absolute atomic E-state index is 12.2. The van der Waals surface area contributed by atoms with Gasteiger partial charge in [-0.2, -0.15) is 0 Å². The van der Waals surface area contributed by atoms with Crippen molar-refractivity contribution < 1.29 is 13.3 Å². The molecule has 3 aromatic rings. The first kappa shape index (κ1) is 16.7. The fraction of sp³-hybridized carbons (Fsp3) is 0.200. The Hall–Kier alpha value is -2.16. The van der Waals surface area contributed by atoms with Crippen LogP contribution in [0.4, 0.5) is 0 Å². The van der Waals surface area contributed by atoms with Crippen molar-refractivity contribution in [3.05, 3.63) is 53.1 Å². The van der Waals surface area contributed by atoms with Crippen molar-refractivity contribution in [2.75, 3.05) is 14.1 Å². The van der Waals surface area contributed by atoms with Crippen LogP contribution >= 0.6 is 11.6 Å². The van der Waals surface area contributed by atoms with Crippen LogP contribution in [0.1, 0.15) is 5.56 Å². The number of halogens is 1. The second-order valence-corrected chi connectivity index (χ2v) is 7.89. The molecule has 7 nitrogen and oxygen atoms in total. The van der Waals surface area contributed by atoms with E-state index in [1.165, 1.54) is 31.1 Å². The molecule has 1 heterocycles. The van der Waals surface area contributed by atoms with E-state index in [4.69, 9.17) is 16.4 Å². The van der Waals surface area contributed by atoms with Gasteiger partial charge < -0.3 is 4.84 Å². The minimum Gasteiger partial charge on any atom is -0.390 e. The van der Waals surface area contributed by atoms with Gasteiger partial charge in [0.1, 0.15) is 17.6 Å². The van der Waals surface area contributed by atoms with Crippen molar-refractivity contribution in [1.82, 2.24) is 19.5 Å². The molecular weight excluding hydrogens is 352 g/mol. The number of aromatic nitrogens is 3. The van der Waals surface area contributed by atoms with Crippen LogP contribution in [0.2, 0.25) is 5.02 Å². The maximum Gasteiger partial charge on any atom is 0.242 e. The molecule has 2 aromatic carbocycles. The largest absolute Gasteiger partial charge is 0.390 e.